The summed E-state index contributed by atoms with van der Waals surface area (Å²) in [5.74, 6) is -0.481. The van der Waals surface area contributed by atoms with E-state index in [0.717, 1.165) is 12.0 Å². The van der Waals surface area contributed by atoms with Crippen molar-refractivity contribution in [3.63, 3.8) is 0 Å². The van der Waals surface area contributed by atoms with Gasteiger partial charge in [0.2, 0.25) is 0 Å². The number of likely N-dealkylation sites (N-methyl/N-ethyl adjacent to an activating group) is 1. The second kappa shape index (κ2) is 3.35. The van der Waals surface area contributed by atoms with Crippen molar-refractivity contribution in [3.05, 3.63) is 33.5 Å². The maximum Gasteiger partial charge on any atom is 0.254 e. The monoisotopic (exact) mass is 257 g/mol. The van der Waals surface area contributed by atoms with Crippen molar-refractivity contribution < 1.29 is 9.18 Å². The molecule has 1 aromatic carbocycles. The van der Waals surface area contributed by atoms with Crippen LogP contribution in [-0.4, -0.2) is 24.4 Å². The quantitative estimate of drug-likeness (QED) is 0.698. The normalized spacial score (nSPS) is 15.6. The summed E-state index contributed by atoms with van der Waals surface area (Å²) in [6, 6.07) is 2.70. The molecule has 2 rings (SSSR count). The predicted octanol–water partition coefficient (Wildman–Crippen LogP) is 2.22. The van der Waals surface area contributed by atoms with Crippen molar-refractivity contribution in [2.45, 2.75) is 6.42 Å². The summed E-state index contributed by atoms with van der Waals surface area (Å²) in [6.07, 6.45) is 0.776. The fraction of sp³-hybridized carbons (Fsp3) is 0.300. The summed E-state index contributed by atoms with van der Waals surface area (Å²) in [7, 11) is 1.73. The van der Waals surface area contributed by atoms with Crippen LogP contribution in [-0.2, 0) is 6.42 Å². The molecule has 0 N–H and O–H groups in total. The summed E-state index contributed by atoms with van der Waals surface area (Å²) in [4.78, 5) is 13.3. The molecule has 4 heteroatoms. The van der Waals surface area contributed by atoms with Crippen LogP contribution in [0.15, 0.2) is 16.6 Å². The van der Waals surface area contributed by atoms with Crippen molar-refractivity contribution in [1.82, 2.24) is 4.90 Å². The Bertz CT molecular complexity index is 405. The summed E-state index contributed by atoms with van der Waals surface area (Å²) in [6.45, 7) is 0.691. The second-order valence-electron chi connectivity index (χ2n) is 3.39. The van der Waals surface area contributed by atoms with Crippen LogP contribution in [0.5, 0.6) is 0 Å². The minimum atomic E-state index is -0.376. The first-order chi connectivity index (χ1) is 6.59. The van der Waals surface area contributed by atoms with Crippen molar-refractivity contribution in [3.8, 4) is 0 Å². The zero-order valence-corrected chi connectivity index (χ0v) is 9.27. The van der Waals surface area contributed by atoms with E-state index in [-0.39, 0.29) is 11.7 Å². The number of nitrogens with zero attached hydrogens (tertiary/aromatic N) is 1. The molecular weight excluding hydrogens is 249 g/mol. The van der Waals surface area contributed by atoms with Crippen LogP contribution in [0, 0.1) is 5.82 Å². The Morgan fingerprint density at radius 3 is 2.93 bits per heavy atom. The number of benzene rings is 1. The van der Waals surface area contributed by atoms with Crippen LogP contribution >= 0.6 is 15.9 Å². The lowest BCUT2D eigenvalue weighted by atomic mass is 9.99. The summed E-state index contributed by atoms with van der Waals surface area (Å²) >= 11 is 3.27. The Morgan fingerprint density at radius 2 is 2.21 bits per heavy atom. The number of amides is 1. The van der Waals surface area contributed by atoms with Gasteiger partial charge in [-0.15, -0.1) is 0 Å². The van der Waals surface area contributed by atoms with E-state index in [2.05, 4.69) is 15.9 Å². The highest BCUT2D eigenvalue weighted by atomic mass is 79.9. The molecule has 1 heterocycles. The average Bonchev–Trinajstić information content (AvgIpc) is 2.12. The summed E-state index contributed by atoms with van der Waals surface area (Å²) in [5, 5.41) is 0. The first kappa shape index (κ1) is 9.65. The maximum atomic E-state index is 13.1. The van der Waals surface area contributed by atoms with E-state index in [1.807, 2.05) is 0 Å². The predicted molar refractivity (Wildman–Crippen MR) is 54.8 cm³/mol. The summed E-state index contributed by atoms with van der Waals surface area (Å²) in [5.41, 5.74) is 1.39. The van der Waals surface area contributed by atoms with Gasteiger partial charge in [0, 0.05) is 23.6 Å². The Labute approximate surface area is 89.8 Å². The highest BCUT2D eigenvalue weighted by molar-refractivity contribution is 9.10. The zero-order valence-electron chi connectivity index (χ0n) is 7.68. The number of carbonyl (C=O) groups is 1. The molecule has 0 saturated carbocycles. The van der Waals surface area contributed by atoms with E-state index in [1.54, 1.807) is 11.9 Å². The number of rotatable bonds is 0. The molecule has 0 saturated heterocycles. The first-order valence-electron chi connectivity index (χ1n) is 4.33. The largest absolute Gasteiger partial charge is 0.341 e. The minimum absolute atomic E-state index is 0.105. The van der Waals surface area contributed by atoms with Gasteiger partial charge >= 0.3 is 0 Å². The number of carbonyl (C=O) groups excluding carboxylic acids is 1. The van der Waals surface area contributed by atoms with Crippen molar-refractivity contribution in [2.75, 3.05) is 13.6 Å². The topological polar surface area (TPSA) is 20.3 Å². The molecule has 0 atom stereocenters. The Hall–Kier alpha value is -0.900. The van der Waals surface area contributed by atoms with E-state index in [9.17, 15) is 9.18 Å². The lowest BCUT2D eigenvalue weighted by Gasteiger charge is -2.25. The number of hydrogen-bond donors (Lipinski definition) is 0. The van der Waals surface area contributed by atoms with Gasteiger partial charge < -0.3 is 4.90 Å². The van der Waals surface area contributed by atoms with Crippen LogP contribution in [0.3, 0.4) is 0 Å². The third-order valence-corrected chi connectivity index (χ3v) is 3.14. The molecule has 1 aliphatic heterocycles. The highest BCUT2D eigenvalue weighted by Crippen LogP contribution is 2.27. The summed E-state index contributed by atoms with van der Waals surface area (Å²) < 4.78 is 13.7. The van der Waals surface area contributed by atoms with E-state index >= 15 is 0 Å². The lowest BCUT2D eigenvalue weighted by Crippen LogP contribution is -2.34. The number of fused-ring (bicyclic) bond motifs is 1. The van der Waals surface area contributed by atoms with Gasteiger partial charge in [0.1, 0.15) is 5.82 Å². The van der Waals surface area contributed by atoms with Crippen molar-refractivity contribution in [1.29, 1.82) is 0 Å². The number of hydrogen-bond acceptors (Lipinski definition) is 1. The highest BCUT2D eigenvalue weighted by Gasteiger charge is 2.23. The molecule has 0 radical (unpaired) electrons. The number of halogens is 2. The molecule has 74 valence electrons. The molecule has 1 aliphatic rings. The van der Waals surface area contributed by atoms with Gasteiger partial charge in [0.05, 0.1) is 0 Å². The van der Waals surface area contributed by atoms with E-state index < -0.39 is 0 Å². The minimum Gasteiger partial charge on any atom is -0.341 e. The van der Waals surface area contributed by atoms with E-state index in [4.69, 9.17) is 0 Å². The van der Waals surface area contributed by atoms with Crippen LogP contribution < -0.4 is 0 Å². The van der Waals surface area contributed by atoms with E-state index in [1.165, 1.54) is 12.1 Å². The maximum absolute atomic E-state index is 13.1. The molecule has 0 unspecified atom stereocenters. The van der Waals surface area contributed by atoms with Gasteiger partial charge in [0.15, 0.2) is 0 Å². The van der Waals surface area contributed by atoms with Gasteiger partial charge in [-0.2, -0.15) is 0 Å². The molecule has 0 aliphatic carbocycles. The first-order valence-corrected chi connectivity index (χ1v) is 5.12. The van der Waals surface area contributed by atoms with Crippen LogP contribution in [0.2, 0.25) is 0 Å². The molecule has 2 nitrogen and oxygen atoms in total. The van der Waals surface area contributed by atoms with Gasteiger partial charge in [-0.1, -0.05) is 15.9 Å². The fourth-order valence-electron chi connectivity index (χ4n) is 1.64. The van der Waals surface area contributed by atoms with Gasteiger partial charge in [-0.05, 0) is 24.1 Å². The van der Waals surface area contributed by atoms with Gasteiger partial charge in [0.25, 0.3) is 5.91 Å². The van der Waals surface area contributed by atoms with E-state index in [0.29, 0.717) is 16.6 Å². The average molecular weight is 258 g/mol. The van der Waals surface area contributed by atoms with Crippen LogP contribution in [0.25, 0.3) is 0 Å². The smallest absolute Gasteiger partial charge is 0.254 e. The molecule has 1 aromatic rings. The Morgan fingerprint density at radius 1 is 1.50 bits per heavy atom. The van der Waals surface area contributed by atoms with Crippen molar-refractivity contribution in [2.24, 2.45) is 0 Å². The third-order valence-electron chi connectivity index (χ3n) is 2.43. The fourth-order valence-corrected chi connectivity index (χ4v) is 2.27. The van der Waals surface area contributed by atoms with Crippen molar-refractivity contribution >= 4 is 21.8 Å². The second-order valence-corrected chi connectivity index (χ2v) is 4.24. The van der Waals surface area contributed by atoms with Gasteiger partial charge in [-0.3, -0.25) is 4.79 Å². The standard InChI is InChI=1S/C10H9BrFNO/c1-13-3-2-7-8(10(13)14)4-6(12)5-9(7)11/h4-5H,2-3H2,1H3. The molecule has 0 aromatic heterocycles. The molecular formula is C10H9BrFNO. The molecule has 0 fully saturated rings. The molecule has 0 spiro atoms. The van der Waals surface area contributed by atoms with Crippen LogP contribution in [0.4, 0.5) is 4.39 Å². The van der Waals surface area contributed by atoms with Gasteiger partial charge in [-0.25, -0.2) is 4.39 Å². The zero-order chi connectivity index (χ0) is 10.3. The molecule has 1 amide bonds. The molecule has 14 heavy (non-hydrogen) atoms. The molecule has 0 bridgehead atoms. The Kier molecular flexibility index (Phi) is 2.31. The van der Waals surface area contributed by atoms with Crippen LogP contribution in [0.1, 0.15) is 15.9 Å². The SMILES string of the molecule is CN1CCc2c(Br)cc(F)cc2C1=O. The Balaban J connectivity index is 2.60. The lowest BCUT2D eigenvalue weighted by molar-refractivity contribution is 0.0780. The third kappa shape index (κ3) is 1.43.